The lowest BCUT2D eigenvalue weighted by Gasteiger charge is -2.31. The molecule has 15 heavy (non-hydrogen) atoms. The molecule has 1 heterocycles. The molecule has 0 aromatic rings. The SMILES string of the molecule is SC(CC1OCOCO1)C1CCCCC1. The summed E-state index contributed by atoms with van der Waals surface area (Å²) in [6.07, 6.45) is 7.52. The van der Waals surface area contributed by atoms with Gasteiger partial charge >= 0.3 is 0 Å². The Morgan fingerprint density at radius 2 is 1.73 bits per heavy atom. The van der Waals surface area contributed by atoms with Gasteiger partial charge in [0.05, 0.1) is 0 Å². The summed E-state index contributed by atoms with van der Waals surface area (Å²) in [7, 11) is 0. The van der Waals surface area contributed by atoms with Crippen molar-refractivity contribution in [2.45, 2.75) is 50.1 Å². The van der Waals surface area contributed by atoms with E-state index in [2.05, 4.69) is 12.6 Å². The normalized spacial score (nSPS) is 27.8. The average Bonchev–Trinajstić information content (AvgIpc) is 2.31. The molecule has 0 radical (unpaired) electrons. The second-order valence-corrected chi connectivity index (χ2v) is 5.07. The summed E-state index contributed by atoms with van der Waals surface area (Å²) < 4.78 is 15.6. The Morgan fingerprint density at radius 1 is 1.07 bits per heavy atom. The van der Waals surface area contributed by atoms with Crippen LogP contribution in [0.1, 0.15) is 38.5 Å². The first-order valence-electron chi connectivity index (χ1n) is 5.85. The van der Waals surface area contributed by atoms with Crippen LogP contribution in [-0.2, 0) is 14.2 Å². The molecule has 2 rings (SSSR count). The van der Waals surface area contributed by atoms with Gasteiger partial charge in [0.25, 0.3) is 0 Å². The molecule has 1 unspecified atom stereocenters. The fraction of sp³-hybridized carbons (Fsp3) is 1.00. The zero-order valence-electron chi connectivity index (χ0n) is 9.06. The van der Waals surface area contributed by atoms with Gasteiger partial charge in [0.1, 0.15) is 0 Å². The van der Waals surface area contributed by atoms with Crippen molar-refractivity contribution in [3.63, 3.8) is 0 Å². The van der Waals surface area contributed by atoms with Gasteiger partial charge in [-0.3, -0.25) is 0 Å². The van der Waals surface area contributed by atoms with Gasteiger partial charge in [-0.05, 0) is 18.8 Å². The van der Waals surface area contributed by atoms with E-state index in [1.165, 1.54) is 32.1 Å². The van der Waals surface area contributed by atoms with Crippen LogP contribution >= 0.6 is 12.6 Å². The van der Waals surface area contributed by atoms with Crippen molar-refractivity contribution in [2.75, 3.05) is 13.6 Å². The quantitative estimate of drug-likeness (QED) is 0.758. The first-order valence-corrected chi connectivity index (χ1v) is 6.37. The monoisotopic (exact) mass is 232 g/mol. The number of hydrogen-bond acceptors (Lipinski definition) is 4. The van der Waals surface area contributed by atoms with Gasteiger partial charge in [-0.1, -0.05) is 19.3 Å². The minimum Gasteiger partial charge on any atom is -0.329 e. The van der Waals surface area contributed by atoms with Gasteiger partial charge < -0.3 is 14.2 Å². The lowest BCUT2D eigenvalue weighted by molar-refractivity contribution is -0.300. The van der Waals surface area contributed by atoms with Gasteiger partial charge in [-0.25, -0.2) is 0 Å². The molecule has 88 valence electrons. The summed E-state index contributed by atoms with van der Waals surface area (Å²) in [4.78, 5) is 0. The largest absolute Gasteiger partial charge is 0.329 e. The van der Waals surface area contributed by atoms with E-state index in [4.69, 9.17) is 14.2 Å². The molecule has 1 aliphatic heterocycles. The zero-order valence-corrected chi connectivity index (χ0v) is 9.96. The highest BCUT2D eigenvalue weighted by molar-refractivity contribution is 7.81. The summed E-state index contributed by atoms with van der Waals surface area (Å²) in [6, 6.07) is 0. The zero-order chi connectivity index (χ0) is 10.5. The second kappa shape index (κ2) is 6.09. The molecule has 0 spiro atoms. The number of thiol groups is 1. The van der Waals surface area contributed by atoms with E-state index in [0.29, 0.717) is 18.8 Å². The predicted octanol–water partition coefficient (Wildman–Crippen LogP) is 2.56. The molecular formula is C11H20O3S. The molecule has 0 bridgehead atoms. The van der Waals surface area contributed by atoms with E-state index in [9.17, 15) is 0 Å². The highest BCUT2D eigenvalue weighted by Crippen LogP contribution is 2.31. The van der Waals surface area contributed by atoms with Crippen molar-refractivity contribution in [3.8, 4) is 0 Å². The molecule has 1 saturated carbocycles. The van der Waals surface area contributed by atoms with Crippen molar-refractivity contribution in [1.82, 2.24) is 0 Å². The fourth-order valence-corrected chi connectivity index (χ4v) is 2.85. The molecular weight excluding hydrogens is 212 g/mol. The van der Waals surface area contributed by atoms with Crippen LogP contribution in [0.2, 0.25) is 0 Å². The minimum absolute atomic E-state index is 0.108. The molecule has 3 nitrogen and oxygen atoms in total. The molecule has 1 aliphatic carbocycles. The summed E-state index contributed by atoms with van der Waals surface area (Å²) in [5.41, 5.74) is 0. The Kier molecular flexibility index (Phi) is 4.75. The molecule has 4 heteroatoms. The second-order valence-electron chi connectivity index (χ2n) is 4.40. The Bertz CT molecular complexity index is 177. The van der Waals surface area contributed by atoms with E-state index < -0.39 is 0 Å². The van der Waals surface area contributed by atoms with E-state index in [1.807, 2.05) is 0 Å². The van der Waals surface area contributed by atoms with E-state index >= 15 is 0 Å². The lowest BCUT2D eigenvalue weighted by atomic mass is 9.85. The third kappa shape index (κ3) is 3.63. The van der Waals surface area contributed by atoms with Crippen LogP contribution in [0.5, 0.6) is 0 Å². The number of rotatable bonds is 3. The average molecular weight is 232 g/mol. The van der Waals surface area contributed by atoms with Gasteiger partial charge in [0.2, 0.25) is 0 Å². The summed E-state index contributed by atoms with van der Waals surface area (Å²) in [6.45, 7) is 0.714. The summed E-state index contributed by atoms with van der Waals surface area (Å²) in [5, 5.41) is 0.411. The molecule has 0 amide bonds. The first-order chi connectivity index (χ1) is 7.36. The van der Waals surface area contributed by atoms with E-state index in [1.54, 1.807) is 0 Å². The molecule has 1 saturated heterocycles. The van der Waals surface area contributed by atoms with Crippen LogP contribution in [0.4, 0.5) is 0 Å². The van der Waals surface area contributed by atoms with Crippen molar-refractivity contribution < 1.29 is 14.2 Å². The van der Waals surface area contributed by atoms with Crippen molar-refractivity contribution in [3.05, 3.63) is 0 Å². The van der Waals surface area contributed by atoms with E-state index in [-0.39, 0.29) is 6.29 Å². The Balaban J connectivity index is 1.72. The Morgan fingerprint density at radius 3 is 2.40 bits per heavy atom. The predicted molar refractivity (Wildman–Crippen MR) is 60.7 cm³/mol. The third-order valence-electron chi connectivity index (χ3n) is 3.30. The molecule has 0 aromatic carbocycles. The molecule has 0 N–H and O–H groups in total. The standard InChI is InChI=1S/C11H20O3S/c15-10(9-4-2-1-3-5-9)6-11-13-7-12-8-14-11/h9-11,15H,1-8H2. The Labute approximate surface area is 96.9 Å². The van der Waals surface area contributed by atoms with Crippen LogP contribution in [0.15, 0.2) is 0 Å². The highest BCUT2D eigenvalue weighted by Gasteiger charge is 2.25. The number of hydrogen-bond donors (Lipinski definition) is 1. The maximum absolute atomic E-state index is 5.35. The summed E-state index contributed by atoms with van der Waals surface area (Å²) >= 11 is 4.68. The third-order valence-corrected chi connectivity index (χ3v) is 3.93. The fourth-order valence-electron chi connectivity index (χ4n) is 2.37. The van der Waals surface area contributed by atoms with Crippen LogP contribution in [-0.4, -0.2) is 25.1 Å². The van der Waals surface area contributed by atoms with Gasteiger partial charge in [-0.15, -0.1) is 0 Å². The van der Waals surface area contributed by atoms with Gasteiger partial charge in [0, 0.05) is 11.7 Å². The summed E-state index contributed by atoms with van der Waals surface area (Å²) in [5.74, 6) is 0.747. The Hall–Kier alpha value is 0.230. The van der Waals surface area contributed by atoms with Crippen LogP contribution in [0.3, 0.4) is 0 Å². The minimum atomic E-state index is -0.108. The van der Waals surface area contributed by atoms with Crippen molar-refractivity contribution in [2.24, 2.45) is 5.92 Å². The molecule has 2 fully saturated rings. The molecule has 0 aromatic heterocycles. The maximum atomic E-state index is 5.35. The highest BCUT2D eigenvalue weighted by atomic mass is 32.1. The lowest BCUT2D eigenvalue weighted by Crippen LogP contribution is -2.31. The van der Waals surface area contributed by atoms with Gasteiger partial charge in [-0.2, -0.15) is 12.6 Å². The van der Waals surface area contributed by atoms with Crippen LogP contribution < -0.4 is 0 Å². The van der Waals surface area contributed by atoms with Crippen LogP contribution in [0.25, 0.3) is 0 Å². The van der Waals surface area contributed by atoms with Gasteiger partial charge in [0.15, 0.2) is 19.9 Å². The maximum Gasteiger partial charge on any atom is 0.164 e. The number of ether oxygens (including phenoxy) is 3. The van der Waals surface area contributed by atoms with Crippen molar-refractivity contribution >= 4 is 12.6 Å². The first kappa shape index (κ1) is 11.7. The topological polar surface area (TPSA) is 27.7 Å². The van der Waals surface area contributed by atoms with E-state index in [0.717, 1.165) is 12.3 Å². The smallest absolute Gasteiger partial charge is 0.164 e. The van der Waals surface area contributed by atoms with Crippen LogP contribution in [0, 0.1) is 5.92 Å². The molecule has 1 atom stereocenters. The molecule has 2 aliphatic rings. The van der Waals surface area contributed by atoms with Crippen molar-refractivity contribution in [1.29, 1.82) is 0 Å².